The molecule has 1 aliphatic carbocycles. The third-order valence-electron chi connectivity index (χ3n) is 11.0. The second kappa shape index (κ2) is 11.4. The molecule has 1 aromatic heterocycles. The average molecular weight is 665 g/mol. The van der Waals surface area contributed by atoms with Gasteiger partial charge in [-0.05, 0) is 90.8 Å². The normalized spacial score (nSPS) is 16.1. The molecule has 9 aromatic rings. The molecule has 2 heterocycles. The molecule has 0 saturated heterocycles. The van der Waals surface area contributed by atoms with E-state index in [1.54, 1.807) is 0 Å². The lowest BCUT2D eigenvalue weighted by atomic mass is 9.84. The predicted octanol–water partition coefficient (Wildman–Crippen LogP) is 13.5. The van der Waals surface area contributed by atoms with Crippen LogP contribution in [0.1, 0.15) is 11.5 Å². The first-order valence-corrected chi connectivity index (χ1v) is 18.0. The second-order valence-electron chi connectivity index (χ2n) is 13.9. The summed E-state index contributed by atoms with van der Waals surface area (Å²) in [5, 5.41) is 7.17. The Kier molecular flexibility index (Phi) is 6.41. The molecule has 52 heavy (non-hydrogen) atoms. The van der Waals surface area contributed by atoms with Gasteiger partial charge < -0.3 is 9.15 Å². The zero-order chi connectivity index (χ0) is 34.2. The van der Waals surface area contributed by atoms with Crippen molar-refractivity contribution >= 4 is 43.5 Å². The fourth-order valence-corrected chi connectivity index (χ4v) is 8.68. The number of hydrogen-bond donors (Lipinski definition) is 0. The average Bonchev–Trinajstić information content (AvgIpc) is 3.77. The molecule has 11 rings (SSSR count). The van der Waals surface area contributed by atoms with Gasteiger partial charge >= 0.3 is 0 Å². The van der Waals surface area contributed by atoms with Gasteiger partial charge in [-0.3, -0.25) is 0 Å². The van der Waals surface area contributed by atoms with Crippen molar-refractivity contribution in [1.29, 1.82) is 0 Å². The van der Waals surface area contributed by atoms with E-state index in [0.717, 1.165) is 44.4 Å². The lowest BCUT2D eigenvalue weighted by Crippen LogP contribution is -2.15. The van der Waals surface area contributed by atoms with E-state index in [2.05, 4.69) is 176 Å². The maximum absolute atomic E-state index is 6.79. The number of ether oxygens (including phenoxy) is 1. The number of rotatable bonds is 4. The van der Waals surface area contributed by atoms with Crippen molar-refractivity contribution in [3.63, 3.8) is 0 Å². The van der Waals surface area contributed by atoms with E-state index >= 15 is 0 Å². The highest BCUT2D eigenvalue weighted by Crippen LogP contribution is 2.52. The summed E-state index contributed by atoms with van der Waals surface area (Å²) >= 11 is 0. The number of hydrogen-bond acceptors (Lipinski definition) is 2. The third-order valence-corrected chi connectivity index (χ3v) is 11.0. The summed E-state index contributed by atoms with van der Waals surface area (Å²) in [6.45, 7) is 0. The van der Waals surface area contributed by atoms with E-state index in [9.17, 15) is 0 Å². The van der Waals surface area contributed by atoms with Crippen LogP contribution in [0.15, 0.2) is 186 Å². The van der Waals surface area contributed by atoms with Crippen molar-refractivity contribution in [3.8, 4) is 50.3 Å². The highest BCUT2D eigenvalue weighted by Gasteiger charge is 2.36. The lowest BCUT2D eigenvalue weighted by Gasteiger charge is -2.19. The lowest BCUT2D eigenvalue weighted by molar-refractivity contribution is 0.270. The van der Waals surface area contributed by atoms with Crippen molar-refractivity contribution in [3.05, 3.63) is 188 Å². The summed E-state index contributed by atoms with van der Waals surface area (Å²) in [6, 6.07) is 57.0. The number of benzene rings is 8. The smallest absolute Gasteiger partial charge is 0.146 e. The molecular weight excluding hydrogens is 633 g/mol. The molecule has 2 aliphatic rings. The largest absolute Gasteiger partial charge is 0.484 e. The van der Waals surface area contributed by atoms with Crippen LogP contribution in [0.2, 0.25) is 0 Å². The number of allylic oxidation sites excluding steroid dienone is 2. The molecule has 2 unspecified atom stereocenters. The zero-order valence-corrected chi connectivity index (χ0v) is 28.3. The van der Waals surface area contributed by atoms with Crippen LogP contribution in [0, 0.1) is 0 Å². The maximum Gasteiger partial charge on any atom is 0.146 e. The molecule has 8 aromatic carbocycles. The highest BCUT2D eigenvalue weighted by atomic mass is 16.5. The van der Waals surface area contributed by atoms with Crippen molar-refractivity contribution < 1.29 is 9.15 Å². The molecule has 0 bridgehead atoms. The monoisotopic (exact) mass is 664 g/mol. The summed E-state index contributed by atoms with van der Waals surface area (Å²) in [4.78, 5) is 0. The van der Waals surface area contributed by atoms with E-state index in [-0.39, 0.29) is 12.0 Å². The Bertz CT molecular complexity index is 2890. The number of fused-ring (bicyclic) bond motifs is 8. The van der Waals surface area contributed by atoms with Crippen molar-refractivity contribution in [2.45, 2.75) is 12.0 Å². The molecule has 2 atom stereocenters. The summed E-state index contributed by atoms with van der Waals surface area (Å²) in [7, 11) is 0. The van der Waals surface area contributed by atoms with Gasteiger partial charge in [0, 0.05) is 22.3 Å². The minimum atomic E-state index is -0.0273. The summed E-state index contributed by atoms with van der Waals surface area (Å²) in [5.41, 5.74) is 12.3. The first-order valence-electron chi connectivity index (χ1n) is 18.0. The zero-order valence-electron chi connectivity index (χ0n) is 28.3. The second-order valence-corrected chi connectivity index (χ2v) is 13.9. The number of furan rings is 1. The first kappa shape index (κ1) is 29.1. The standard InChI is InChI=1S/C50H32O2/c1-2-14-31(15-3-1)32-16-12-17-33(28-32)46-38-22-4-6-24-40(38)47(41-25-7-5-23-39(41)46)34-18-13-19-35(29-34)48-49-42(36-20-8-10-26-44(36)51-49)30-43-37-21-9-11-27-45(37)52-50(43)48/h1-30,36,44H. The summed E-state index contributed by atoms with van der Waals surface area (Å²) in [5.74, 6) is 1.08. The molecule has 0 fully saturated rings. The van der Waals surface area contributed by atoms with Crippen LogP contribution < -0.4 is 4.74 Å². The van der Waals surface area contributed by atoms with Crippen LogP contribution in [0.3, 0.4) is 0 Å². The van der Waals surface area contributed by atoms with Gasteiger partial charge in [0.1, 0.15) is 23.0 Å². The highest BCUT2D eigenvalue weighted by molar-refractivity contribution is 6.22. The molecule has 0 saturated carbocycles. The van der Waals surface area contributed by atoms with Crippen molar-refractivity contribution in [2.24, 2.45) is 0 Å². The van der Waals surface area contributed by atoms with Gasteiger partial charge in [-0.15, -0.1) is 0 Å². The van der Waals surface area contributed by atoms with Gasteiger partial charge in [0.2, 0.25) is 0 Å². The summed E-state index contributed by atoms with van der Waals surface area (Å²) < 4.78 is 13.5. The Balaban J connectivity index is 1.16. The van der Waals surface area contributed by atoms with Gasteiger partial charge in [-0.25, -0.2) is 0 Å². The molecule has 2 heteroatoms. The van der Waals surface area contributed by atoms with Crippen LogP contribution in [-0.4, -0.2) is 6.10 Å². The molecule has 0 radical (unpaired) electrons. The predicted molar refractivity (Wildman–Crippen MR) is 216 cm³/mol. The van der Waals surface area contributed by atoms with Crippen LogP contribution in [0.25, 0.3) is 88.0 Å². The van der Waals surface area contributed by atoms with E-state index in [4.69, 9.17) is 9.15 Å². The van der Waals surface area contributed by atoms with Gasteiger partial charge in [0.25, 0.3) is 0 Å². The molecule has 0 N–H and O–H groups in total. The van der Waals surface area contributed by atoms with Crippen LogP contribution >= 0.6 is 0 Å². The Morgan fingerprint density at radius 2 is 0.904 bits per heavy atom. The minimum absolute atomic E-state index is 0.0273. The van der Waals surface area contributed by atoms with Gasteiger partial charge in [-0.2, -0.15) is 0 Å². The molecule has 2 nitrogen and oxygen atoms in total. The molecule has 0 amide bonds. The molecule has 244 valence electrons. The minimum Gasteiger partial charge on any atom is -0.484 e. The summed E-state index contributed by atoms with van der Waals surface area (Å²) in [6.07, 6.45) is 8.63. The Hall–Kier alpha value is -6.64. The first-order chi connectivity index (χ1) is 25.8. The molecule has 0 spiro atoms. The van der Waals surface area contributed by atoms with Crippen LogP contribution in [0.4, 0.5) is 0 Å². The van der Waals surface area contributed by atoms with Crippen LogP contribution in [0.5, 0.6) is 5.75 Å². The molecular formula is C50H32O2. The quantitative estimate of drug-likeness (QED) is 0.175. The van der Waals surface area contributed by atoms with E-state index in [1.807, 2.05) is 6.07 Å². The van der Waals surface area contributed by atoms with E-state index in [0.29, 0.717) is 0 Å². The van der Waals surface area contributed by atoms with Crippen molar-refractivity contribution in [1.82, 2.24) is 0 Å². The Morgan fingerprint density at radius 1 is 0.385 bits per heavy atom. The SMILES string of the molecule is C1=CC2Oc3c(cc4c(oc5ccccc54)c3-c3cccc(-c4c5ccccc5c(-c5cccc(-c6ccccc6)c5)c5ccccc45)c3)C2C=C1. The fourth-order valence-electron chi connectivity index (χ4n) is 8.68. The Labute approximate surface area is 301 Å². The van der Waals surface area contributed by atoms with Gasteiger partial charge in [-0.1, -0.05) is 152 Å². The fraction of sp³-hybridized carbons (Fsp3) is 0.0400. The van der Waals surface area contributed by atoms with Crippen molar-refractivity contribution in [2.75, 3.05) is 0 Å². The van der Waals surface area contributed by atoms with Gasteiger partial charge in [0.15, 0.2) is 0 Å². The van der Waals surface area contributed by atoms with Crippen LogP contribution in [-0.2, 0) is 0 Å². The van der Waals surface area contributed by atoms with Gasteiger partial charge in [0.05, 0.1) is 5.56 Å². The third kappa shape index (κ3) is 4.37. The number of para-hydroxylation sites is 1. The molecule has 1 aliphatic heterocycles. The maximum atomic E-state index is 6.79. The topological polar surface area (TPSA) is 22.4 Å². The van der Waals surface area contributed by atoms with E-state index in [1.165, 1.54) is 54.9 Å². The van der Waals surface area contributed by atoms with E-state index < -0.39 is 0 Å². The Morgan fingerprint density at radius 3 is 1.58 bits per heavy atom.